The Morgan fingerprint density at radius 2 is 2.00 bits per heavy atom. The van der Waals surface area contributed by atoms with Crippen LogP contribution in [0.15, 0.2) is 40.0 Å². The molecular formula is C13H11BrCl2N2O2S. The van der Waals surface area contributed by atoms with E-state index in [1.807, 2.05) is 6.92 Å². The first-order valence-corrected chi connectivity index (χ1v) is 8.99. The fourth-order valence-electron chi connectivity index (χ4n) is 1.69. The van der Waals surface area contributed by atoms with Crippen LogP contribution in [0, 0.1) is 0 Å². The van der Waals surface area contributed by atoms with Crippen LogP contribution < -0.4 is 4.72 Å². The summed E-state index contributed by atoms with van der Waals surface area (Å²) in [5, 5.41) is 0.878. The summed E-state index contributed by atoms with van der Waals surface area (Å²) in [5.74, 6) is 0. The van der Waals surface area contributed by atoms with E-state index in [2.05, 4.69) is 25.6 Å². The van der Waals surface area contributed by atoms with Crippen LogP contribution in [0.25, 0.3) is 0 Å². The summed E-state index contributed by atoms with van der Waals surface area (Å²) in [6.07, 6.45) is 2.06. The second kappa shape index (κ2) is 6.52. The largest absolute Gasteiger partial charge is 0.277 e. The van der Waals surface area contributed by atoms with Crippen LogP contribution in [0.4, 0.5) is 5.69 Å². The molecule has 0 spiro atoms. The lowest BCUT2D eigenvalue weighted by molar-refractivity contribution is 0.601. The summed E-state index contributed by atoms with van der Waals surface area (Å²) in [7, 11) is -3.74. The van der Waals surface area contributed by atoms with Crippen molar-refractivity contribution in [3.05, 3.63) is 50.7 Å². The first kappa shape index (κ1) is 16.5. The third-order valence-corrected chi connectivity index (χ3v) is 5.33. The Labute approximate surface area is 141 Å². The molecule has 0 aliphatic carbocycles. The van der Waals surface area contributed by atoms with Gasteiger partial charge in [-0.15, -0.1) is 0 Å². The highest BCUT2D eigenvalue weighted by atomic mass is 79.9. The predicted molar refractivity (Wildman–Crippen MR) is 88.6 cm³/mol. The number of pyridine rings is 1. The van der Waals surface area contributed by atoms with Gasteiger partial charge in [0.2, 0.25) is 0 Å². The SMILES string of the molecule is CCc1cc(S(=O)(=O)Nc2cc(Cl)cnc2Br)ccc1Cl. The first-order valence-electron chi connectivity index (χ1n) is 5.96. The summed E-state index contributed by atoms with van der Waals surface area (Å²) in [4.78, 5) is 4.08. The molecular weight excluding hydrogens is 399 g/mol. The zero-order chi connectivity index (χ0) is 15.6. The molecule has 2 rings (SSSR count). The van der Waals surface area contributed by atoms with Gasteiger partial charge >= 0.3 is 0 Å². The molecule has 1 aromatic heterocycles. The van der Waals surface area contributed by atoms with Gasteiger partial charge in [-0.3, -0.25) is 4.72 Å². The molecule has 21 heavy (non-hydrogen) atoms. The van der Waals surface area contributed by atoms with Crippen LogP contribution in [0.2, 0.25) is 10.0 Å². The van der Waals surface area contributed by atoms with E-state index >= 15 is 0 Å². The van der Waals surface area contributed by atoms with E-state index in [0.29, 0.717) is 21.1 Å². The number of aromatic nitrogens is 1. The Morgan fingerprint density at radius 1 is 1.29 bits per heavy atom. The Hall–Kier alpha value is -0.820. The van der Waals surface area contributed by atoms with Crippen molar-refractivity contribution in [2.24, 2.45) is 0 Å². The summed E-state index contributed by atoms with van der Waals surface area (Å²) < 4.78 is 27.6. The van der Waals surface area contributed by atoms with E-state index < -0.39 is 10.0 Å². The van der Waals surface area contributed by atoms with Crippen molar-refractivity contribution in [3.63, 3.8) is 0 Å². The molecule has 0 unspecified atom stereocenters. The van der Waals surface area contributed by atoms with Gasteiger partial charge in [-0.05, 0) is 52.2 Å². The second-order valence-corrected chi connectivity index (χ2v) is 7.48. The van der Waals surface area contributed by atoms with Gasteiger partial charge in [0, 0.05) is 11.2 Å². The smallest absolute Gasteiger partial charge is 0.261 e. The molecule has 2 aromatic rings. The molecule has 8 heteroatoms. The van der Waals surface area contributed by atoms with Gasteiger partial charge < -0.3 is 0 Å². The van der Waals surface area contributed by atoms with Crippen molar-refractivity contribution in [2.75, 3.05) is 4.72 Å². The molecule has 0 bridgehead atoms. The molecule has 0 aliphatic heterocycles. The molecule has 1 aromatic carbocycles. The van der Waals surface area contributed by atoms with E-state index in [1.54, 1.807) is 12.1 Å². The average molecular weight is 410 g/mol. The molecule has 112 valence electrons. The van der Waals surface area contributed by atoms with Crippen molar-refractivity contribution in [1.82, 2.24) is 4.98 Å². The molecule has 4 nitrogen and oxygen atoms in total. The number of nitrogens with zero attached hydrogens (tertiary/aromatic N) is 1. The minimum Gasteiger partial charge on any atom is -0.277 e. The van der Waals surface area contributed by atoms with E-state index in [-0.39, 0.29) is 10.6 Å². The molecule has 0 saturated heterocycles. The topological polar surface area (TPSA) is 59.1 Å². The number of nitrogens with one attached hydrogen (secondary N) is 1. The standard InChI is InChI=1S/C13H11BrCl2N2O2S/c1-2-8-5-10(3-4-11(8)16)21(19,20)18-12-6-9(15)7-17-13(12)14/h3-7,18H,2H2,1H3. The second-order valence-electron chi connectivity index (χ2n) is 4.20. The van der Waals surface area contributed by atoms with E-state index in [9.17, 15) is 8.42 Å². The van der Waals surface area contributed by atoms with Gasteiger partial charge in [0.05, 0.1) is 15.6 Å². The van der Waals surface area contributed by atoms with Crippen molar-refractivity contribution in [1.29, 1.82) is 0 Å². The van der Waals surface area contributed by atoms with Gasteiger partial charge in [0.1, 0.15) is 4.60 Å². The molecule has 1 heterocycles. The number of aryl methyl sites for hydroxylation is 1. The third kappa shape index (κ3) is 3.88. The van der Waals surface area contributed by atoms with Crippen LogP contribution >= 0.6 is 39.1 Å². The van der Waals surface area contributed by atoms with Crippen molar-refractivity contribution < 1.29 is 8.42 Å². The van der Waals surface area contributed by atoms with Crippen molar-refractivity contribution >= 4 is 54.8 Å². The van der Waals surface area contributed by atoms with Gasteiger partial charge in [0.15, 0.2) is 0 Å². The maximum absolute atomic E-state index is 12.4. The molecule has 0 fully saturated rings. The number of sulfonamides is 1. The monoisotopic (exact) mass is 408 g/mol. The molecule has 0 amide bonds. The van der Waals surface area contributed by atoms with Crippen LogP contribution in [0.3, 0.4) is 0 Å². The Kier molecular flexibility index (Phi) is 5.14. The number of benzene rings is 1. The Morgan fingerprint density at radius 3 is 2.67 bits per heavy atom. The summed E-state index contributed by atoms with van der Waals surface area (Å²) in [5.41, 5.74) is 1.04. The fourth-order valence-corrected chi connectivity index (χ4v) is 3.65. The molecule has 0 saturated carbocycles. The Balaban J connectivity index is 2.41. The minimum absolute atomic E-state index is 0.135. The quantitative estimate of drug-likeness (QED) is 0.755. The molecule has 0 aliphatic rings. The lowest BCUT2D eigenvalue weighted by atomic mass is 10.2. The molecule has 1 N–H and O–H groups in total. The fraction of sp³-hybridized carbons (Fsp3) is 0.154. The number of hydrogen-bond donors (Lipinski definition) is 1. The van der Waals surface area contributed by atoms with Crippen LogP contribution in [-0.4, -0.2) is 13.4 Å². The van der Waals surface area contributed by atoms with Crippen LogP contribution in [0.5, 0.6) is 0 Å². The van der Waals surface area contributed by atoms with Crippen molar-refractivity contribution in [3.8, 4) is 0 Å². The number of anilines is 1. The highest BCUT2D eigenvalue weighted by Gasteiger charge is 2.17. The normalized spacial score (nSPS) is 11.4. The van der Waals surface area contributed by atoms with Gasteiger partial charge in [0.25, 0.3) is 10.0 Å². The van der Waals surface area contributed by atoms with Gasteiger partial charge in [-0.2, -0.15) is 0 Å². The zero-order valence-electron chi connectivity index (χ0n) is 10.9. The maximum atomic E-state index is 12.4. The third-order valence-electron chi connectivity index (χ3n) is 2.76. The Bertz CT molecular complexity index is 782. The predicted octanol–water partition coefficient (Wildman–Crippen LogP) is 4.51. The summed E-state index contributed by atoms with van der Waals surface area (Å²) >= 11 is 15.0. The van der Waals surface area contributed by atoms with Crippen LogP contribution in [0.1, 0.15) is 12.5 Å². The number of rotatable bonds is 4. The van der Waals surface area contributed by atoms with E-state index in [1.165, 1.54) is 18.3 Å². The summed E-state index contributed by atoms with van der Waals surface area (Å²) in [6, 6.07) is 6.05. The van der Waals surface area contributed by atoms with Gasteiger partial charge in [-0.1, -0.05) is 30.1 Å². The van der Waals surface area contributed by atoms with E-state index in [0.717, 1.165) is 5.56 Å². The lowest BCUT2D eigenvalue weighted by Crippen LogP contribution is -2.14. The van der Waals surface area contributed by atoms with E-state index in [4.69, 9.17) is 23.2 Å². The maximum Gasteiger partial charge on any atom is 0.261 e. The molecule has 0 atom stereocenters. The summed E-state index contributed by atoms with van der Waals surface area (Å²) in [6.45, 7) is 1.91. The highest BCUT2D eigenvalue weighted by molar-refractivity contribution is 9.10. The average Bonchev–Trinajstić information content (AvgIpc) is 2.43. The number of hydrogen-bond acceptors (Lipinski definition) is 3. The lowest BCUT2D eigenvalue weighted by Gasteiger charge is -2.11. The van der Waals surface area contributed by atoms with Gasteiger partial charge in [-0.25, -0.2) is 13.4 Å². The number of halogens is 3. The first-order chi connectivity index (χ1) is 9.83. The zero-order valence-corrected chi connectivity index (χ0v) is 14.8. The van der Waals surface area contributed by atoms with Crippen molar-refractivity contribution in [2.45, 2.75) is 18.2 Å². The highest BCUT2D eigenvalue weighted by Crippen LogP contribution is 2.27. The minimum atomic E-state index is -3.74. The molecule has 0 radical (unpaired) electrons. The van der Waals surface area contributed by atoms with Crippen LogP contribution in [-0.2, 0) is 16.4 Å².